The lowest BCUT2D eigenvalue weighted by molar-refractivity contribution is -0.123. The van der Waals surface area contributed by atoms with Crippen LogP contribution in [0.5, 0.6) is 0 Å². The summed E-state index contributed by atoms with van der Waals surface area (Å²) in [6.45, 7) is 1.63. The van der Waals surface area contributed by atoms with Crippen LogP contribution >= 0.6 is 12.4 Å². The summed E-state index contributed by atoms with van der Waals surface area (Å²) >= 11 is 0. The molecule has 1 aliphatic rings. The largest absolute Gasteiger partial charge is 0.351 e. The van der Waals surface area contributed by atoms with Gasteiger partial charge in [-0.1, -0.05) is 24.3 Å². The summed E-state index contributed by atoms with van der Waals surface area (Å²) in [5.41, 5.74) is 3.01. The second-order valence-electron chi connectivity index (χ2n) is 6.86. The van der Waals surface area contributed by atoms with Crippen molar-refractivity contribution in [3.63, 3.8) is 0 Å². The van der Waals surface area contributed by atoms with E-state index in [1.54, 1.807) is 30.3 Å². The molecular weight excluding hydrogens is 402 g/mol. The highest BCUT2D eigenvalue weighted by Gasteiger charge is 2.42. The first-order valence-corrected chi connectivity index (χ1v) is 8.93. The van der Waals surface area contributed by atoms with Gasteiger partial charge in [-0.15, -0.1) is 12.4 Å². The van der Waals surface area contributed by atoms with Crippen LogP contribution in [0.1, 0.15) is 17.5 Å². The first kappa shape index (κ1) is 22.6. The van der Waals surface area contributed by atoms with E-state index in [4.69, 9.17) is 0 Å². The zero-order valence-electron chi connectivity index (χ0n) is 15.8. The maximum atomic E-state index is 13.2. The molecule has 1 aliphatic heterocycles. The topological polar surface area (TPSA) is 82.3 Å². The van der Waals surface area contributed by atoms with Crippen molar-refractivity contribution in [1.29, 1.82) is 0 Å². The van der Waals surface area contributed by atoms with Crippen LogP contribution in [0.15, 0.2) is 48.5 Å². The minimum atomic E-state index is -2.85. The van der Waals surface area contributed by atoms with E-state index in [1.807, 2.05) is 25.1 Å². The lowest BCUT2D eigenvalue weighted by atomic mass is 10.1. The minimum absolute atomic E-state index is 0. The number of carbonyl (C=O) groups excluding carboxylic acids is 2. The first-order valence-electron chi connectivity index (χ1n) is 8.93. The van der Waals surface area contributed by atoms with Gasteiger partial charge < -0.3 is 16.0 Å². The van der Waals surface area contributed by atoms with Gasteiger partial charge in [-0.2, -0.15) is 0 Å². The van der Waals surface area contributed by atoms with Gasteiger partial charge in [0.1, 0.15) is 0 Å². The van der Waals surface area contributed by atoms with Crippen molar-refractivity contribution in [2.75, 3.05) is 17.2 Å². The molecule has 0 spiro atoms. The maximum absolute atomic E-state index is 13.2. The van der Waals surface area contributed by atoms with Crippen LogP contribution in [0, 0.1) is 6.92 Å². The van der Waals surface area contributed by atoms with Gasteiger partial charge in [-0.25, -0.2) is 13.6 Å². The predicted octanol–water partition coefficient (Wildman–Crippen LogP) is 3.67. The minimum Gasteiger partial charge on any atom is -0.351 e. The van der Waals surface area contributed by atoms with Crippen LogP contribution in [0.3, 0.4) is 0 Å². The van der Waals surface area contributed by atoms with E-state index in [9.17, 15) is 18.4 Å². The molecule has 1 heterocycles. The number of rotatable bonds is 5. The monoisotopic (exact) mass is 424 g/mol. The molecule has 4 N–H and O–H groups in total. The molecule has 0 bridgehead atoms. The molecule has 156 valence electrons. The Kier molecular flexibility index (Phi) is 7.53. The third-order valence-corrected chi connectivity index (χ3v) is 4.35. The number of anilines is 2. The van der Waals surface area contributed by atoms with E-state index in [0.717, 1.165) is 11.1 Å². The molecular formula is C20H23ClF2N4O2. The Morgan fingerprint density at radius 2 is 1.76 bits per heavy atom. The van der Waals surface area contributed by atoms with Crippen molar-refractivity contribution < 1.29 is 18.4 Å². The number of hydrogen-bond acceptors (Lipinski definition) is 3. The number of amides is 3. The summed E-state index contributed by atoms with van der Waals surface area (Å²) in [6, 6.07) is 13.1. The molecule has 0 aliphatic carbocycles. The molecule has 1 saturated heterocycles. The van der Waals surface area contributed by atoms with Crippen LogP contribution in [0.4, 0.5) is 25.0 Å². The third kappa shape index (κ3) is 6.69. The first-order chi connectivity index (χ1) is 13.3. The van der Waals surface area contributed by atoms with Crippen molar-refractivity contribution in [2.45, 2.75) is 31.9 Å². The number of benzene rings is 2. The van der Waals surface area contributed by atoms with Gasteiger partial charge in [-0.3, -0.25) is 10.1 Å². The highest BCUT2D eigenvalue weighted by Crippen LogP contribution is 2.25. The fourth-order valence-corrected chi connectivity index (χ4v) is 2.99. The SMILES string of the molecule is Cc1cccc(NC(=O)Nc2cccc(CNC(=O)C3CC(F)(F)CN3)c2)c1.Cl. The quantitative estimate of drug-likeness (QED) is 0.591. The summed E-state index contributed by atoms with van der Waals surface area (Å²) in [6.07, 6.45) is -0.500. The number of carbonyl (C=O) groups is 2. The second kappa shape index (κ2) is 9.67. The summed E-state index contributed by atoms with van der Waals surface area (Å²) < 4.78 is 26.4. The average Bonchev–Trinajstić information content (AvgIpc) is 3.00. The van der Waals surface area contributed by atoms with Crippen molar-refractivity contribution in [2.24, 2.45) is 0 Å². The molecule has 9 heteroatoms. The van der Waals surface area contributed by atoms with Gasteiger partial charge >= 0.3 is 6.03 Å². The molecule has 29 heavy (non-hydrogen) atoms. The number of halogens is 3. The van der Waals surface area contributed by atoms with E-state index in [1.165, 1.54) is 0 Å². The standard InChI is InChI=1S/C20H22F2N4O2.ClH/c1-13-4-2-6-15(8-13)25-19(28)26-16-7-3-5-14(9-16)11-23-18(27)17-10-20(21,22)12-24-17;/h2-9,17,24H,10-12H2,1H3,(H,23,27)(H2,25,26,28);1H. The van der Waals surface area contributed by atoms with E-state index in [2.05, 4.69) is 21.3 Å². The Balaban J connectivity index is 0.00000300. The van der Waals surface area contributed by atoms with E-state index in [0.29, 0.717) is 11.4 Å². The van der Waals surface area contributed by atoms with Crippen molar-refractivity contribution in [3.8, 4) is 0 Å². The van der Waals surface area contributed by atoms with Crippen LogP contribution in [-0.4, -0.2) is 30.4 Å². The highest BCUT2D eigenvalue weighted by molar-refractivity contribution is 5.99. The van der Waals surface area contributed by atoms with Crippen molar-refractivity contribution in [1.82, 2.24) is 10.6 Å². The predicted molar refractivity (Wildman–Crippen MR) is 111 cm³/mol. The van der Waals surface area contributed by atoms with Gasteiger partial charge in [0.25, 0.3) is 5.92 Å². The van der Waals surface area contributed by atoms with Crippen LogP contribution in [0.2, 0.25) is 0 Å². The van der Waals surface area contributed by atoms with Crippen LogP contribution in [0.25, 0.3) is 0 Å². The molecule has 6 nitrogen and oxygen atoms in total. The normalized spacial score (nSPS) is 17.1. The van der Waals surface area contributed by atoms with E-state index < -0.39 is 30.8 Å². The summed E-state index contributed by atoms with van der Waals surface area (Å²) in [5.74, 6) is -3.32. The molecule has 1 fully saturated rings. The van der Waals surface area contributed by atoms with Crippen LogP contribution < -0.4 is 21.3 Å². The smallest absolute Gasteiger partial charge is 0.323 e. The molecule has 1 unspecified atom stereocenters. The third-order valence-electron chi connectivity index (χ3n) is 4.35. The van der Waals surface area contributed by atoms with Gasteiger partial charge in [0.05, 0.1) is 12.6 Å². The lowest BCUT2D eigenvalue weighted by Crippen LogP contribution is -2.40. The molecule has 2 aromatic carbocycles. The molecule has 0 aromatic heterocycles. The number of urea groups is 1. The molecule has 3 amide bonds. The van der Waals surface area contributed by atoms with Crippen molar-refractivity contribution in [3.05, 3.63) is 59.7 Å². The molecule has 0 saturated carbocycles. The number of alkyl halides is 2. The fourth-order valence-electron chi connectivity index (χ4n) is 2.99. The van der Waals surface area contributed by atoms with Gasteiger partial charge in [0.15, 0.2) is 0 Å². The molecule has 2 aromatic rings. The van der Waals surface area contributed by atoms with Gasteiger partial charge in [-0.05, 0) is 42.3 Å². The Bertz CT molecular complexity index is 879. The molecule has 0 radical (unpaired) electrons. The Morgan fingerprint density at radius 1 is 1.10 bits per heavy atom. The van der Waals surface area contributed by atoms with E-state index >= 15 is 0 Å². The summed E-state index contributed by atoms with van der Waals surface area (Å²) in [7, 11) is 0. The lowest BCUT2D eigenvalue weighted by Gasteiger charge is -2.12. The van der Waals surface area contributed by atoms with Crippen LogP contribution in [-0.2, 0) is 11.3 Å². The highest BCUT2D eigenvalue weighted by atomic mass is 35.5. The number of aryl methyl sites for hydroxylation is 1. The van der Waals surface area contributed by atoms with Gasteiger partial charge in [0.2, 0.25) is 5.91 Å². The summed E-state index contributed by atoms with van der Waals surface area (Å²) in [5, 5.41) is 10.6. The fraction of sp³-hybridized carbons (Fsp3) is 0.300. The molecule has 1 atom stereocenters. The maximum Gasteiger partial charge on any atom is 0.323 e. The van der Waals surface area contributed by atoms with E-state index in [-0.39, 0.29) is 25.0 Å². The second-order valence-corrected chi connectivity index (χ2v) is 6.86. The molecule has 3 rings (SSSR count). The summed E-state index contributed by atoms with van der Waals surface area (Å²) in [4.78, 5) is 24.1. The van der Waals surface area contributed by atoms with Crippen molar-refractivity contribution >= 4 is 35.7 Å². The number of hydrogen-bond donors (Lipinski definition) is 4. The Labute approximate surface area is 173 Å². The number of nitrogens with one attached hydrogen (secondary N) is 4. The Hall–Kier alpha value is -2.71. The zero-order valence-corrected chi connectivity index (χ0v) is 16.6. The average molecular weight is 425 g/mol. The zero-order chi connectivity index (χ0) is 20.1. The Morgan fingerprint density at radius 3 is 2.38 bits per heavy atom. The van der Waals surface area contributed by atoms with Gasteiger partial charge in [0, 0.05) is 24.3 Å².